The number of amides is 1. The Morgan fingerprint density at radius 2 is 1.89 bits per heavy atom. The molecule has 1 fully saturated rings. The molecule has 2 aromatic carbocycles. The molecule has 0 aliphatic heterocycles. The van der Waals surface area contributed by atoms with E-state index in [1.54, 1.807) is 42.3 Å². The summed E-state index contributed by atoms with van der Waals surface area (Å²) in [6.07, 6.45) is 3.07. The molecule has 1 aliphatic carbocycles. The molecule has 0 heterocycles. The monoisotopic (exact) mass is 371 g/mol. The average molecular weight is 371 g/mol. The van der Waals surface area contributed by atoms with E-state index in [1.807, 2.05) is 6.07 Å². The largest absolute Gasteiger partial charge is 0.482 e. The van der Waals surface area contributed by atoms with E-state index in [1.165, 1.54) is 12.1 Å². The van der Waals surface area contributed by atoms with Crippen LogP contribution in [0.2, 0.25) is 0 Å². The summed E-state index contributed by atoms with van der Waals surface area (Å²) in [6.45, 7) is -0.412. The van der Waals surface area contributed by atoms with E-state index in [-0.39, 0.29) is 11.7 Å². The van der Waals surface area contributed by atoms with Crippen molar-refractivity contribution in [2.75, 3.05) is 18.6 Å². The van der Waals surface area contributed by atoms with Crippen molar-refractivity contribution in [3.05, 3.63) is 59.9 Å². The Morgan fingerprint density at radius 3 is 2.44 bits per heavy atom. The number of ether oxygens (including phenoxy) is 1. The summed E-state index contributed by atoms with van der Waals surface area (Å²) >= 11 is 0. The fourth-order valence-corrected chi connectivity index (χ4v) is 3.49. The molecule has 0 aromatic heterocycles. The molecule has 2 aromatic rings. The van der Waals surface area contributed by atoms with Crippen LogP contribution in [0.1, 0.15) is 24.8 Å². The Labute approximate surface area is 157 Å². The highest BCUT2D eigenvalue weighted by Gasteiger charge is 2.45. The van der Waals surface area contributed by atoms with Crippen molar-refractivity contribution in [3.8, 4) is 5.75 Å². The molecule has 6 heteroatoms. The van der Waals surface area contributed by atoms with Gasteiger partial charge < -0.3 is 14.7 Å². The highest BCUT2D eigenvalue weighted by Crippen LogP contribution is 2.45. The van der Waals surface area contributed by atoms with Crippen LogP contribution in [0.25, 0.3) is 0 Å². The number of carbonyl (C=O) groups is 2. The SMILES string of the molecule is CN(C(=O)C1(Cc2cccc(F)c2)CCC1)c1ccc(OCC(=O)O)cc1. The van der Waals surface area contributed by atoms with Gasteiger partial charge in [0.25, 0.3) is 0 Å². The molecule has 1 saturated carbocycles. The third-order valence-corrected chi connectivity index (χ3v) is 5.09. The lowest BCUT2D eigenvalue weighted by molar-refractivity contribution is -0.139. The number of carboxylic acid groups (broad SMARTS) is 1. The van der Waals surface area contributed by atoms with Gasteiger partial charge in [-0.15, -0.1) is 0 Å². The lowest BCUT2D eigenvalue weighted by atomic mass is 9.64. The van der Waals surface area contributed by atoms with Gasteiger partial charge in [-0.3, -0.25) is 4.79 Å². The number of hydrogen-bond acceptors (Lipinski definition) is 3. The van der Waals surface area contributed by atoms with E-state index in [0.717, 1.165) is 24.8 Å². The minimum atomic E-state index is -1.05. The van der Waals surface area contributed by atoms with Gasteiger partial charge in [-0.1, -0.05) is 18.6 Å². The highest BCUT2D eigenvalue weighted by atomic mass is 19.1. The van der Waals surface area contributed by atoms with E-state index in [4.69, 9.17) is 9.84 Å². The second-order valence-electron chi connectivity index (χ2n) is 6.98. The zero-order valence-electron chi connectivity index (χ0n) is 15.2. The van der Waals surface area contributed by atoms with Crippen molar-refractivity contribution in [2.24, 2.45) is 5.41 Å². The third-order valence-electron chi connectivity index (χ3n) is 5.09. The van der Waals surface area contributed by atoms with Crippen LogP contribution in [0.4, 0.5) is 10.1 Å². The number of benzene rings is 2. The fourth-order valence-electron chi connectivity index (χ4n) is 3.49. The average Bonchev–Trinajstić information content (AvgIpc) is 2.62. The van der Waals surface area contributed by atoms with Gasteiger partial charge in [0.05, 0.1) is 5.41 Å². The zero-order valence-corrected chi connectivity index (χ0v) is 15.2. The maximum absolute atomic E-state index is 13.5. The van der Waals surface area contributed by atoms with Gasteiger partial charge in [-0.2, -0.15) is 0 Å². The van der Waals surface area contributed by atoms with Gasteiger partial charge in [0.2, 0.25) is 5.91 Å². The Kier molecular flexibility index (Phi) is 5.44. The third kappa shape index (κ3) is 4.27. The summed E-state index contributed by atoms with van der Waals surface area (Å²) in [6, 6.07) is 13.1. The maximum atomic E-state index is 13.5. The van der Waals surface area contributed by atoms with E-state index in [0.29, 0.717) is 17.9 Å². The molecule has 1 N–H and O–H groups in total. The van der Waals surface area contributed by atoms with Crippen molar-refractivity contribution in [2.45, 2.75) is 25.7 Å². The maximum Gasteiger partial charge on any atom is 0.341 e. The number of carbonyl (C=O) groups excluding carboxylic acids is 1. The second kappa shape index (κ2) is 7.78. The molecule has 0 spiro atoms. The van der Waals surface area contributed by atoms with Crippen molar-refractivity contribution in [1.29, 1.82) is 0 Å². The summed E-state index contributed by atoms with van der Waals surface area (Å²) in [5.74, 6) is -0.896. The summed E-state index contributed by atoms with van der Waals surface area (Å²) < 4.78 is 18.6. The molecule has 0 radical (unpaired) electrons. The molecule has 5 nitrogen and oxygen atoms in total. The van der Waals surface area contributed by atoms with Crippen molar-refractivity contribution < 1.29 is 23.8 Å². The number of carboxylic acids is 1. The summed E-state index contributed by atoms with van der Waals surface area (Å²) in [7, 11) is 1.72. The van der Waals surface area contributed by atoms with Crippen LogP contribution in [-0.4, -0.2) is 30.6 Å². The van der Waals surface area contributed by atoms with Crippen molar-refractivity contribution in [3.63, 3.8) is 0 Å². The molecule has 0 unspecified atom stereocenters. The first-order valence-corrected chi connectivity index (χ1v) is 8.87. The van der Waals surface area contributed by atoms with Crippen LogP contribution in [0.3, 0.4) is 0 Å². The first kappa shape index (κ1) is 18.9. The topological polar surface area (TPSA) is 66.8 Å². The lowest BCUT2D eigenvalue weighted by Gasteiger charge is -2.43. The number of aliphatic carboxylic acids is 1. The van der Waals surface area contributed by atoms with Crippen LogP contribution >= 0.6 is 0 Å². The van der Waals surface area contributed by atoms with Gasteiger partial charge in [0.1, 0.15) is 11.6 Å². The van der Waals surface area contributed by atoms with Crippen molar-refractivity contribution >= 4 is 17.6 Å². The van der Waals surface area contributed by atoms with Crippen molar-refractivity contribution in [1.82, 2.24) is 0 Å². The Balaban J connectivity index is 1.72. The molecule has 3 rings (SSSR count). The first-order chi connectivity index (χ1) is 12.9. The van der Waals surface area contributed by atoms with Gasteiger partial charge in [0, 0.05) is 12.7 Å². The fraction of sp³-hybridized carbons (Fsp3) is 0.333. The first-order valence-electron chi connectivity index (χ1n) is 8.87. The molecule has 0 bridgehead atoms. The Morgan fingerprint density at radius 1 is 1.19 bits per heavy atom. The summed E-state index contributed by atoms with van der Waals surface area (Å²) in [5, 5.41) is 8.65. The molecule has 0 atom stereocenters. The van der Waals surface area contributed by atoms with E-state index < -0.39 is 18.0 Å². The van der Waals surface area contributed by atoms with Gasteiger partial charge in [-0.25, -0.2) is 9.18 Å². The van der Waals surface area contributed by atoms with E-state index in [2.05, 4.69) is 0 Å². The van der Waals surface area contributed by atoms with E-state index >= 15 is 0 Å². The van der Waals surface area contributed by atoms with Crippen LogP contribution in [0.5, 0.6) is 5.75 Å². The molecule has 27 heavy (non-hydrogen) atoms. The van der Waals surface area contributed by atoms with Crippen LogP contribution in [0, 0.1) is 11.2 Å². The number of nitrogens with zero attached hydrogens (tertiary/aromatic N) is 1. The summed E-state index contributed by atoms with van der Waals surface area (Å²) in [5.41, 5.74) is 1.03. The Bertz CT molecular complexity index is 830. The van der Waals surface area contributed by atoms with Gasteiger partial charge in [-0.05, 0) is 61.2 Å². The summed E-state index contributed by atoms with van der Waals surface area (Å²) in [4.78, 5) is 25.3. The predicted octanol–water partition coefficient (Wildman–Crippen LogP) is 3.66. The van der Waals surface area contributed by atoms with E-state index in [9.17, 15) is 14.0 Å². The minimum absolute atomic E-state index is 0.0113. The van der Waals surface area contributed by atoms with Gasteiger partial charge >= 0.3 is 5.97 Å². The quantitative estimate of drug-likeness (QED) is 0.807. The predicted molar refractivity (Wildman–Crippen MR) is 99.4 cm³/mol. The van der Waals surface area contributed by atoms with Crippen LogP contribution < -0.4 is 9.64 Å². The number of halogens is 1. The van der Waals surface area contributed by atoms with Gasteiger partial charge in [0.15, 0.2) is 6.61 Å². The minimum Gasteiger partial charge on any atom is -0.482 e. The second-order valence-corrected chi connectivity index (χ2v) is 6.98. The molecule has 142 valence electrons. The molecule has 0 saturated heterocycles. The molecular weight excluding hydrogens is 349 g/mol. The van der Waals surface area contributed by atoms with Crippen LogP contribution in [0.15, 0.2) is 48.5 Å². The number of anilines is 1. The van der Waals surface area contributed by atoms with Crippen LogP contribution in [-0.2, 0) is 16.0 Å². The highest BCUT2D eigenvalue weighted by molar-refractivity contribution is 5.98. The molecular formula is C21H22FNO4. The zero-order chi connectivity index (χ0) is 19.4. The molecule has 1 aliphatic rings. The normalized spacial score (nSPS) is 14.9. The number of hydrogen-bond donors (Lipinski definition) is 1. The lowest BCUT2D eigenvalue weighted by Crippen LogP contribution is -2.48. The molecule has 1 amide bonds. The standard InChI is InChI=1S/C21H22FNO4/c1-23(17-6-8-18(9-7-17)27-14-19(24)25)20(26)21(10-3-11-21)13-15-4-2-5-16(22)12-15/h2,4-9,12H,3,10-11,13-14H2,1H3,(H,24,25). The Hall–Kier alpha value is -2.89. The number of rotatable bonds is 7. The smallest absolute Gasteiger partial charge is 0.341 e.